The van der Waals surface area contributed by atoms with Crippen LogP contribution in [0.3, 0.4) is 0 Å². The summed E-state index contributed by atoms with van der Waals surface area (Å²) < 4.78 is 35.0. The van der Waals surface area contributed by atoms with Gasteiger partial charge in [0.1, 0.15) is 18.1 Å². The second-order valence-electron chi connectivity index (χ2n) is 9.78. The maximum absolute atomic E-state index is 6.62. The van der Waals surface area contributed by atoms with Gasteiger partial charge in [-0.05, 0) is 55.2 Å². The Morgan fingerprint density at radius 2 is 1.68 bits per heavy atom. The van der Waals surface area contributed by atoms with Gasteiger partial charge < -0.3 is 38.6 Å². The van der Waals surface area contributed by atoms with Gasteiger partial charge in [-0.2, -0.15) is 0 Å². The van der Waals surface area contributed by atoms with Crippen LogP contribution in [0.2, 0.25) is 0 Å². The minimum Gasteiger partial charge on any atom is -0.494 e. The number of nitrogens with one attached hydrogen (secondary N) is 1. The Labute approximate surface area is 227 Å². The summed E-state index contributed by atoms with van der Waals surface area (Å²) in [5.74, 6) is 1.93. The molecule has 3 atom stereocenters. The number of fused-ring (bicyclic) bond motifs is 1. The van der Waals surface area contributed by atoms with Crippen LogP contribution in [0.5, 0.6) is 11.5 Å². The van der Waals surface area contributed by atoms with Gasteiger partial charge in [-0.1, -0.05) is 18.2 Å². The Balaban J connectivity index is 1.46. The second kappa shape index (κ2) is 15.3. The average molecular weight is 529 g/mol. The highest BCUT2D eigenvalue weighted by Crippen LogP contribution is 2.35. The lowest BCUT2D eigenvalue weighted by atomic mass is 9.85. The molecule has 0 saturated carbocycles. The Morgan fingerprint density at radius 1 is 0.921 bits per heavy atom. The third kappa shape index (κ3) is 7.83. The van der Waals surface area contributed by atoms with Crippen molar-refractivity contribution >= 4 is 5.69 Å². The molecule has 0 amide bonds. The van der Waals surface area contributed by atoms with Gasteiger partial charge in [0.05, 0.1) is 37.7 Å². The maximum atomic E-state index is 6.62. The third-order valence-electron chi connectivity index (χ3n) is 7.12. The summed E-state index contributed by atoms with van der Waals surface area (Å²) in [6, 6.07) is 14.8. The fourth-order valence-electron chi connectivity index (χ4n) is 5.25. The lowest BCUT2D eigenvalue weighted by molar-refractivity contribution is -0.0622. The molecule has 0 bridgehead atoms. The Kier molecular flexibility index (Phi) is 11.5. The first-order valence-corrected chi connectivity index (χ1v) is 13.9. The number of piperidine rings is 1. The highest BCUT2D eigenvalue weighted by Gasteiger charge is 2.36. The van der Waals surface area contributed by atoms with Crippen LogP contribution in [0.1, 0.15) is 36.8 Å². The van der Waals surface area contributed by atoms with Crippen molar-refractivity contribution in [3.63, 3.8) is 0 Å². The molecule has 2 aromatic rings. The lowest BCUT2D eigenvalue weighted by Gasteiger charge is -2.39. The largest absolute Gasteiger partial charge is 0.494 e. The van der Waals surface area contributed by atoms with Crippen LogP contribution < -0.4 is 19.7 Å². The van der Waals surface area contributed by atoms with E-state index >= 15 is 0 Å². The summed E-state index contributed by atoms with van der Waals surface area (Å²) >= 11 is 0. The van der Waals surface area contributed by atoms with Crippen molar-refractivity contribution < 1.29 is 28.4 Å². The molecule has 8 heteroatoms. The highest BCUT2D eigenvalue weighted by molar-refractivity contribution is 5.61. The number of methoxy groups -OCH3 is 2. The molecule has 4 rings (SSSR count). The van der Waals surface area contributed by atoms with E-state index in [1.165, 1.54) is 5.56 Å². The Morgan fingerprint density at radius 3 is 2.45 bits per heavy atom. The van der Waals surface area contributed by atoms with Gasteiger partial charge in [0, 0.05) is 59.6 Å². The predicted molar refractivity (Wildman–Crippen MR) is 149 cm³/mol. The molecule has 0 radical (unpaired) electrons. The predicted octanol–water partition coefficient (Wildman–Crippen LogP) is 4.01. The number of anilines is 1. The van der Waals surface area contributed by atoms with Crippen LogP contribution in [0.4, 0.5) is 5.69 Å². The molecule has 0 aliphatic carbocycles. The number of rotatable bonds is 15. The third-order valence-corrected chi connectivity index (χ3v) is 7.12. The minimum absolute atomic E-state index is 0.0109. The van der Waals surface area contributed by atoms with E-state index in [1.807, 2.05) is 19.1 Å². The molecule has 1 N–H and O–H groups in total. The molecule has 0 aromatic heterocycles. The number of ether oxygens (including phenoxy) is 6. The van der Waals surface area contributed by atoms with Gasteiger partial charge in [0.15, 0.2) is 0 Å². The van der Waals surface area contributed by atoms with E-state index < -0.39 is 0 Å². The maximum Gasteiger partial charge on any atom is 0.142 e. The van der Waals surface area contributed by atoms with Crippen LogP contribution in [-0.2, 0) is 25.6 Å². The number of hydrogen-bond acceptors (Lipinski definition) is 8. The first-order valence-electron chi connectivity index (χ1n) is 13.9. The molecular weight excluding hydrogens is 484 g/mol. The molecule has 210 valence electrons. The number of nitrogens with zero attached hydrogens (tertiary/aromatic N) is 1. The molecule has 8 nitrogen and oxygen atoms in total. The van der Waals surface area contributed by atoms with E-state index in [0.29, 0.717) is 33.0 Å². The van der Waals surface area contributed by atoms with E-state index in [4.69, 9.17) is 28.4 Å². The van der Waals surface area contributed by atoms with Crippen molar-refractivity contribution in [3.8, 4) is 11.5 Å². The van der Waals surface area contributed by atoms with Gasteiger partial charge in [-0.25, -0.2) is 0 Å². The highest BCUT2D eigenvalue weighted by atomic mass is 16.5. The van der Waals surface area contributed by atoms with Crippen molar-refractivity contribution in [3.05, 3.63) is 53.6 Å². The molecule has 2 heterocycles. The van der Waals surface area contributed by atoms with Crippen LogP contribution in [0.25, 0.3) is 0 Å². The smallest absolute Gasteiger partial charge is 0.142 e. The monoisotopic (exact) mass is 528 g/mol. The zero-order valence-electron chi connectivity index (χ0n) is 23.2. The van der Waals surface area contributed by atoms with Crippen molar-refractivity contribution in [2.45, 2.75) is 44.5 Å². The average Bonchev–Trinajstić information content (AvgIpc) is 2.95. The first kappa shape index (κ1) is 28.6. The first-order chi connectivity index (χ1) is 18.7. The minimum atomic E-state index is -0.0285. The van der Waals surface area contributed by atoms with E-state index in [9.17, 15) is 0 Å². The number of benzene rings is 2. The lowest BCUT2D eigenvalue weighted by Crippen LogP contribution is -2.50. The van der Waals surface area contributed by atoms with Crippen molar-refractivity contribution in [2.75, 3.05) is 78.3 Å². The zero-order valence-corrected chi connectivity index (χ0v) is 23.2. The van der Waals surface area contributed by atoms with Crippen LogP contribution in [0.15, 0.2) is 42.5 Å². The molecule has 2 aliphatic rings. The standard InChI is InChI=1S/C30H44N2O6/c1-4-35-25-10-8-24(9-11-25)30-28(36-17-6-16-34-3)20-31-21-29(30)38-22-23-7-12-27-26(19-23)32(14-18-37-27)13-5-15-33-2/h7-12,19,28-31H,4-6,13-18,20-22H2,1-3H3/t28-,29+,30+/m1/s1. The normalized spacial score (nSPS) is 21.1. The summed E-state index contributed by atoms with van der Waals surface area (Å²) in [6.45, 7) is 9.38. The molecule has 0 spiro atoms. The fraction of sp³-hybridized carbons (Fsp3) is 0.600. The molecule has 0 unspecified atom stereocenters. The zero-order chi connectivity index (χ0) is 26.6. The van der Waals surface area contributed by atoms with Crippen molar-refractivity contribution in [1.82, 2.24) is 5.32 Å². The SMILES string of the molecule is CCOc1ccc([C@@H]2[C@@H](OCc3ccc4c(c3)N(CCCOC)CCO4)CNC[C@H]2OCCCOC)cc1. The van der Waals surface area contributed by atoms with Gasteiger partial charge in [-0.15, -0.1) is 0 Å². The summed E-state index contributed by atoms with van der Waals surface area (Å²) in [5, 5.41) is 3.53. The quantitative estimate of drug-likeness (QED) is 0.348. The van der Waals surface area contributed by atoms with Crippen LogP contribution in [0, 0.1) is 0 Å². The van der Waals surface area contributed by atoms with Crippen LogP contribution in [-0.4, -0.2) is 85.6 Å². The molecular formula is C30H44N2O6. The van der Waals surface area contributed by atoms with Gasteiger partial charge in [-0.3, -0.25) is 0 Å². The summed E-state index contributed by atoms with van der Waals surface area (Å²) in [4.78, 5) is 2.39. The van der Waals surface area contributed by atoms with E-state index in [-0.39, 0.29) is 18.1 Å². The molecule has 1 fully saturated rings. The van der Waals surface area contributed by atoms with Crippen molar-refractivity contribution in [2.24, 2.45) is 0 Å². The Bertz CT molecular complexity index is 956. The van der Waals surface area contributed by atoms with Crippen molar-refractivity contribution in [1.29, 1.82) is 0 Å². The fourth-order valence-corrected chi connectivity index (χ4v) is 5.25. The summed E-state index contributed by atoms with van der Waals surface area (Å²) in [6.07, 6.45) is 1.84. The second-order valence-corrected chi connectivity index (χ2v) is 9.78. The summed E-state index contributed by atoms with van der Waals surface area (Å²) in [5.41, 5.74) is 3.48. The van der Waals surface area contributed by atoms with E-state index in [2.05, 4.69) is 40.5 Å². The Hall–Kier alpha value is -2.36. The molecule has 38 heavy (non-hydrogen) atoms. The number of hydrogen-bond donors (Lipinski definition) is 1. The van der Waals surface area contributed by atoms with Gasteiger partial charge in [0.25, 0.3) is 0 Å². The van der Waals surface area contributed by atoms with E-state index in [1.54, 1.807) is 14.2 Å². The van der Waals surface area contributed by atoms with Gasteiger partial charge in [0.2, 0.25) is 0 Å². The van der Waals surface area contributed by atoms with E-state index in [0.717, 1.165) is 68.4 Å². The van der Waals surface area contributed by atoms with Crippen LogP contribution >= 0.6 is 0 Å². The van der Waals surface area contributed by atoms with Gasteiger partial charge >= 0.3 is 0 Å². The molecule has 2 aromatic carbocycles. The molecule has 2 aliphatic heterocycles. The topological polar surface area (TPSA) is 70.7 Å². The summed E-state index contributed by atoms with van der Waals surface area (Å²) in [7, 11) is 3.47. The molecule has 1 saturated heterocycles.